The van der Waals surface area contributed by atoms with Crippen molar-refractivity contribution in [1.82, 2.24) is 24.6 Å². The Balaban J connectivity index is 1.79. The average Bonchev–Trinajstić information content (AvgIpc) is 2.98. The van der Waals surface area contributed by atoms with E-state index in [-0.39, 0.29) is 5.91 Å². The number of carbonyl (C=O) groups excluding carboxylic acids is 1. The van der Waals surface area contributed by atoms with Crippen molar-refractivity contribution in [2.45, 2.75) is 0 Å². The van der Waals surface area contributed by atoms with Crippen LogP contribution in [0.3, 0.4) is 0 Å². The number of hydrogen-bond acceptors (Lipinski definition) is 5. The second-order valence-electron chi connectivity index (χ2n) is 4.14. The molecule has 1 saturated heterocycles. The van der Waals surface area contributed by atoms with Gasteiger partial charge < -0.3 is 9.64 Å². The number of aromatic nitrogens is 4. The molecular formula is C12H13N5O2. The second kappa shape index (κ2) is 5.15. The van der Waals surface area contributed by atoms with Gasteiger partial charge in [0.25, 0.3) is 5.91 Å². The van der Waals surface area contributed by atoms with Crippen molar-refractivity contribution in [3.8, 4) is 5.82 Å². The van der Waals surface area contributed by atoms with Crippen LogP contribution in [0.4, 0.5) is 0 Å². The molecule has 1 amide bonds. The molecular weight excluding hydrogens is 246 g/mol. The van der Waals surface area contributed by atoms with E-state index >= 15 is 0 Å². The van der Waals surface area contributed by atoms with E-state index in [2.05, 4.69) is 15.1 Å². The monoisotopic (exact) mass is 259 g/mol. The van der Waals surface area contributed by atoms with Gasteiger partial charge in [0.05, 0.1) is 31.2 Å². The Morgan fingerprint density at radius 1 is 1.21 bits per heavy atom. The molecule has 1 aliphatic heterocycles. The minimum Gasteiger partial charge on any atom is -0.378 e. The van der Waals surface area contributed by atoms with Crippen molar-refractivity contribution in [2.24, 2.45) is 0 Å². The van der Waals surface area contributed by atoms with Crippen molar-refractivity contribution < 1.29 is 9.53 Å². The Labute approximate surface area is 109 Å². The zero-order valence-electron chi connectivity index (χ0n) is 10.3. The van der Waals surface area contributed by atoms with Crippen LogP contribution in [-0.2, 0) is 4.74 Å². The van der Waals surface area contributed by atoms with Gasteiger partial charge in [0.2, 0.25) is 0 Å². The normalized spacial score (nSPS) is 15.5. The molecule has 0 radical (unpaired) electrons. The van der Waals surface area contributed by atoms with Gasteiger partial charge in [0.1, 0.15) is 0 Å². The number of morpholine rings is 1. The maximum atomic E-state index is 12.2. The third-order valence-electron chi connectivity index (χ3n) is 2.91. The highest BCUT2D eigenvalue weighted by Crippen LogP contribution is 2.08. The molecule has 0 unspecified atom stereocenters. The summed E-state index contributed by atoms with van der Waals surface area (Å²) in [6.07, 6.45) is 7.98. The highest BCUT2D eigenvalue weighted by molar-refractivity contribution is 5.93. The number of ether oxygens (including phenoxy) is 1. The number of amides is 1. The predicted molar refractivity (Wildman–Crippen MR) is 65.9 cm³/mol. The molecule has 0 saturated carbocycles. The molecule has 3 rings (SSSR count). The van der Waals surface area contributed by atoms with Crippen LogP contribution in [0.5, 0.6) is 0 Å². The van der Waals surface area contributed by atoms with Gasteiger partial charge >= 0.3 is 0 Å². The van der Waals surface area contributed by atoms with E-state index < -0.39 is 0 Å². The maximum absolute atomic E-state index is 12.2. The van der Waals surface area contributed by atoms with Crippen LogP contribution >= 0.6 is 0 Å². The predicted octanol–water partition coefficient (Wildman–Crippen LogP) is 0.135. The molecule has 2 aromatic heterocycles. The molecule has 98 valence electrons. The molecule has 0 spiro atoms. The minimum absolute atomic E-state index is 0.0292. The van der Waals surface area contributed by atoms with Crippen LogP contribution < -0.4 is 0 Å². The minimum atomic E-state index is -0.0292. The standard InChI is InChI=1S/C12H13N5O2/c18-12(16-3-5-19-6-4-16)10-7-15-17(9-10)11-8-13-1-2-14-11/h1-2,7-9H,3-6H2. The van der Waals surface area contributed by atoms with Crippen molar-refractivity contribution in [1.29, 1.82) is 0 Å². The number of rotatable bonds is 2. The van der Waals surface area contributed by atoms with E-state index in [1.54, 1.807) is 40.6 Å². The van der Waals surface area contributed by atoms with Crippen LogP contribution in [0.2, 0.25) is 0 Å². The molecule has 1 fully saturated rings. The molecule has 3 heterocycles. The topological polar surface area (TPSA) is 73.1 Å². The molecule has 19 heavy (non-hydrogen) atoms. The van der Waals surface area contributed by atoms with Gasteiger partial charge in [0.15, 0.2) is 5.82 Å². The summed E-state index contributed by atoms with van der Waals surface area (Å²) in [7, 11) is 0. The Bertz CT molecular complexity index is 563. The van der Waals surface area contributed by atoms with Crippen LogP contribution in [0.25, 0.3) is 5.82 Å². The van der Waals surface area contributed by atoms with Gasteiger partial charge in [0, 0.05) is 31.7 Å². The van der Waals surface area contributed by atoms with Crippen LogP contribution in [-0.4, -0.2) is 56.9 Å². The highest BCUT2D eigenvalue weighted by Gasteiger charge is 2.20. The number of carbonyl (C=O) groups is 1. The third kappa shape index (κ3) is 2.45. The van der Waals surface area contributed by atoms with Crippen LogP contribution in [0.1, 0.15) is 10.4 Å². The summed E-state index contributed by atoms with van der Waals surface area (Å²) in [5.41, 5.74) is 0.549. The summed E-state index contributed by atoms with van der Waals surface area (Å²) in [5.74, 6) is 0.557. The number of hydrogen-bond donors (Lipinski definition) is 0. The smallest absolute Gasteiger partial charge is 0.257 e. The fourth-order valence-electron chi connectivity index (χ4n) is 1.92. The molecule has 0 bridgehead atoms. The fraction of sp³-hybridized carbons (Fsp3) is 0.333. The molecule has 0 atom stereocenters. The Morgan fingerprint density at radius 3 is 2.79 bits per heavy atom. The molecule has 0 aliphatic carbocycles. The molecule has 0 N–H and O–H groups in total. The summed E-state index contributed by atoms with van der Waals surface area (Å²) in [6, 6.07) is 0. The summed E-state index contributed by atoms with van der Waals surface area (Å²) in [4.78, 5) is 22.1. The lowest BCUT2D eigenvalue weighted by Crippen LogP contribution is -2.40. The second-order valence-corrected chi connectivity index (χ2v) is 4.14. The van der Waals surface area contributed by atoms with E-state index in [0.29, 0.717) is 37.7 Å². The summed E-state index contributed by atoms with van der Waals surface area (Å²) >= 11 is 0. The summed E-state index contributed by atoms with van der Waals surface area (Å²) in [5, 5.41) is 4.14. The van der Waals surface area contributed by atoms with Crippen molar-refractivity contribution in [3.63, 3.8) is 0 Å². The lowest BCUT2D eigenvalue weighted by atomic mass is 10.3. The first-order chi connectivity index (χ1) is 9.34. The van der Waals surface area contributed by atoms with E-state index in [4.69, 9.17) is 4.74 Å². The number of nitrogens with zero attached hydrogens (tertiary/aromatic N) is 5. The van der Waals surface area contributed by atoms with Crippen LogP contribution in [0.15, 0.2) is 31.0 Å². The quantitative estimate of drug-likeness (QED) is 0.766. The largest absolute Gasteiger partial charge is 0.378 e. The van der Waals surface area contributed by atoms with Gasteiger partial charge in [-0.3, -0.25) is 9.78 Å². The van der Waals surface area contributed by atoms with E-state index in [1.807, 2.05) is 0 Å². The maximum Gasteiger partial charge on any atom is 0.257 e. The molecule has 1 aliphatic rings. The zero-order valence-corrected chi connectivity index (χ0v) is 10.3. The van der Waals surface area contributed by atoms with Crippen molar-refractivity contribution >= 4 is 5.91 Å². The lowest BCUT2D eigenvalue weighted by Gasteiger charge is -2.26. The average molecular weight is 259 g/mol. The lowest BCUT2D eigenvalue weighted by molar-refractivity contribution is 0.0303. The highest BCUT2D eigenvalue weighted by atomic mass is 16.5. The van der Waals surface area contributed by atoms with Crippen molar-refractivity contribution in [3.05, 3.63) is 36.5 Å². The third-order valence-corrected chi connectivity index (χ3v) is 2.91. The van der Waals surface area contributed by atoms with E-state index in [9.17, 15) is 4.79 Å². The molecule has 7 nitrogen and oxygen atoms in total. The van der Waals surface area contributed by atoms with E-state index in [0.717, 1.165) is 0 Å². The first-order valence-corrected chi connectivity index (χ1v) is 6.03. The van der Waals surface area contributed by atoms with Crippen LogP contribution in [0, 0.1) is 0 Å². The van der Waals surface area contributed by atoms with Gasteiger partial charge in [-0.25, -0.2) is 9.67 Å². The molecule has 0 aromatic carbocycles. The summed E-state index contributed by atoms with van der Waals surface area (Å²) < 4.78 is 6.77. The first kappa shape index (κ1) is 11.8. The van der Waals surface area contributed by atoms with Gasteiger partial charge in [-0.05, 0) is 0 Å². The Morgan fingerprint density at radius 2 is 2.05 bits per heavy atom. The first-order valence-electron chi connectivity index (χ1n) is 6.03. The Hall–Kier alpha value is -2.28. The van der Waals surface area contributed by atoms with E-state index in [1.165, 1.54) is 0 Å². The van der Waals surface area contributed by atoms with Gasteiger partial charge in [-0.15, -0.1) is 0 Å². The fourth-order valence-corrected chi connectivity index (χ4v) is 1.92. The SMILES string of the molecule is O=C(c1cnn(-c2cnccn2)c1)N1CCOCC1. The Kier molecular flexibility index (Phi) is 3.20. The van der Waals surface area contributed by atoms with Gasteiger partial charge in [-0.1, -0.05) is 0 Å². The molecule has 7 heteroatoms. The zero-order chi connectivity index (χ0) is 13.1. The molecule has 2 aromatic rings. The van der Waals surface area contributed by atoms with Crippen molar-refractivity contribution in [2.75, 3.05) is 26.3 Å². The summed E-state index contributed by atoms with van der Waals surface area (Å²) in [6.45, 7) is 2.42. The van der Waals surface area contributed by atoms with Gasteiger partial charge in [-0.2, -0.15) is 5.10 Å².